The van der Waals surface area contributed by atoms with Crippen LogP contribution < -0.4 is 25.2 Å². The molecule has 2 amide bonds. The van der Waals surface area contributed by atoms with Crippen LogP contribution in [0.1, 0.15) is 20.7 Å². The Morgan fingerprint density at radius 1 is 0.854 bits per heavy atom. The van der Waals surface area contributed by atoms with E-state index in [0.29, 0.717) is 41.6 Å². The molecule has 0 bridgehead atoms. The van der Waals surface area contributed by atoms with Crippen LogP contribution in [0, 0.1) is 0 Å². The van der Waals surface area contributed by atoms with Crippen molar-refractivity contribution in [1.82, 2.24) is 10.2 Å². The standard InChI is InChI=1S/C31H36ClN5O4/c1-40-29-8-3-2-7-28(29)37-15-13-36(14-16-37)27-10-9-25(34-30(38)23-5-4-6-24(32)21-23)22-26(27)31(39)33-11-12-35-17-19-41-20-18-35/h2-10,21-22H,11-20H2,1H3,(H,33,39)(H,34,38). The van der Waals surface area contributed by atoms with Crippen molar-refractivity contribution in [3.8, 4) is 5.75 Å². The zero-order valence-electron chi connectivity index (χ0n) is 23.3. The summed E-state index contributed by atoms with van der Waals surface area (Å²) in [6.07, 6.45) is 0. The lowest BCUT2D eigenvalue weighted by molar-refractivity contribution is 0.0383. The van der Waals surface area contributed by atoms with E-state index in [-0.39, 0.29) is 11.8 Å². The molecule has 3 aromatic carbocycles. The van der Waals surface area contributed by atoms with Crippen LogP contribution in [0.15, 0.2) is 66.7 Å². The Morgan fingerprint density at radius 2 is 1.59 bits per heavy atom. The van der Waals surface area contributed by atoms with Crippen molar-refractivity contribution in [3.05, 3.63) is 82.9 Å². The first kappa shape index (κ1) is 28.7. The number of ether oxygens (including phenoxy) is 2. The average molecular weight is 578 g/mol. The first-order valence-electron chi connectivity index (χ1n) is 13.9. The number of morpholine rings is 1. The van der Waals surface area contributed by atoms with Gasteiger partial charge in [0.15, 0.2) is 0 Å². The summed E-state index contributed by atoms with van der Waals surface area (Å²) < 4.78 is 11.0. The van der Waals surface area contributed by atoms with Gasteiger partial charge in [-0.2, -0.15) is 0 Å². The topological polar surface area (TPSA) is 86.4 Å². The van der Waals surface area contributed by atoms with Crippen molar-refractivity contribution in [2.24, 2.45) is 0 Å². The van der Waals surface area contributed by atoms with E-state index in [2.05, 4.69) is 31.4 Å². The Bertz CT molecular complexity index is 1360. The van der Waals surface area contributed by atoms with Crippen LogP contribution in [0.5, 0.6) is 5.75 Å². The van der Waals surface area contributed by atoms with Crippen LogP contribution in [0.25, 0.3) is 0 Å². The lowest BCUT2D eigenvalue weighted by atomic mass is 10.1. The monoisotopic (exact) mass is 577 g/mol. The molecule has 2 aliphatic heterocycles. The molecule has 2 N–H and O–H groups in total. The number of amides is 2. The van der Waals surface area contributed by atoms with E-state index in [1.807, 2.05) is 30.3 Å². The number of benzene rings is 3. The molecule has 0 spiro atoms. The van der Waals surface area contributed by atoms with Crippen LogP contribution in [0.3, 0.4) is 0 Å². The van der Waals surface area contributed by atoms with Gasteiger partial charge < -0.3 is 29.9 Å². The minimum Gasteiger partial charge on any atom is -0.495 e. The number of hydrogen-bond acceptors (Lipinski definition) is 7. The zero-order chi connectivity index (χ0) is 28.6. The number of nitrogens with one attached hydrogen (secondary N) is 2. The Hall–Kier alpha value is -3.79. The van der Waals surface area contributed by atoms with E-state index in [9.17, 15) is 9.59 Å². The normalized spacial score (nSPS) is 15.9. The molecule has 5 rings (SSSR count). The summed E-state index contributed by atoms with van der Waals surface area (Å²) in [4.78, 5) is 33.2. The summed E-state index contributed by atoms with van der Waals surface area (Å²) in [5.41, 5.74) is 3.43. The molecular weight excluding hydrogens is 542 g/mol. The summed E-state index contributed by atoms with van der Waals surface area (Å²) >= 11 is 6.08. The number of para-hydroxylation sites is 2. The smallest absolute Gasteiger partial charge is 0.255 e. The lowest BCUT2D eigenvalue weighted by Crippen LogP contribution is -2.47. The molecule has 0 radical (unpaired) electrons. The van der Waals surface area contributed by atoms with Crippen LogP contribution >= 0.6 is 11.6 Å². The highest BCUT2D eigenvalue weighted by molar-refractivity contribution is 6.31. The summed E-state index contributed by atoms with van der Waals surface area (Å²) in [5.74, 6) is 0.393. The van der Waals surface area contributed by atoms with Crippen molar-refractivity contribution in [3.63, 3.8) is 0 Å². The molecule has 0 aliphatic carbocycles. The van der Waals surface area contributed by atoms with Gasteiger partial charge in [0.05, 0.1) is 31.6 Å². The molecule has 3 aromatic rings. The number of carbonyl (C=O) groups is 2. The highest BCUT2D eigenvalue weighted by atomic mass is 35.5. The molecule has 41 heavy (non-hydrogen) atoms. The molecule has 2 aliphatic rings. The minimum absolute atomic E-state index is 0.167. The summed E-state index contributed by atoms with van der Waals surface area (Å²) in [6.45, 7) is 7.48. The first-order chi connectivity index (χ1) is 20.0. The molecule has 2 heterocycles. The van der Waals surface area contributed by atoms with Crippen molar-refractivity contribution in [1.29, 1.82) is 0 Å². The zero-order valence-corrected chi connectivity index (χ0v) is 24.0. The van der Waals surface area contributed by atoms with E-state index in [4.69, 9.17) is 21.1 Å². The third-order valence-corrected chi connectivity index (χ3v) is 7.68. The van der Waals surface area contributed by atoms with Crippen LogP contribution in [-0.2, 0) is 4.74 Å². The van der Waals surface area contributed by atoms with Gasteiger partial charge in [0.1, 0.15) is 5.75 Å². The number of halogens is 1. The number of rotatable bonds is 9. The highest BCUT2D eigenvalue weighted by Gasteiger charge is 2.24. The second-order valence-electron chi connectivity index (χ2n) is 10.1. The number of hydrogen-bond donors (Lipinski definition) is 2. The van der Waals surface area contributed by atoms with Gasteiger partial charge in [-0.15, -0.1) is 0 Å². The fourth-order valence-corrected chi connectivity index (χ4v) is 5.42. The summed E-state index contributed by atoms with van der Waals surface area (Å²) in [5, 5.41) is 6.50. The number of piperazine rings is 1. The molecule has 0 aromatic heterocycles. The molecule has 216 valence electrons. The van der Waals surface area contributed by atoms with Gasteiger partial charge in [-0.3, -0.25) is 14.5 Å². The van der Waals surface area contributed by atoms with Gasteiger partial charge >= 0.3 is 0 Å². The molecule has 9 nitrogen and oxygen atoms in total. The van der Waals surface area contributed by atoms with Crippen molar-refractivity contribution in [2.75, 3.05) is 87.8 Å². The predicted molar refractivity (Wildman–Crippen MR) is 163 cm³/mol. The molecule has 2 saturated heterocycles. The van der Waals surface area contributed by atoms with E-state index >= 15 is 0 Å². The molecule has 0 unspecified atom stereocenters. The van der Waals surface area contributed by atoms with Crippen molar-refractivity contribution >= 4 is 40.5 Å². The maximum Gasteiger partial charge on any atom is 0.255 e. The molecule has 0 atom stereocenters. The van der Waals surface area contributed by atoms with Crippen LogP contribution in [-0.4, -0.2) is 89.4 Å². The van der Waals surface area contributed by atoms with Crippen LogP contribution in [0.2, 0.25) is 5.02 Å². The molecular formula is C31H36ClN5O4. The van der Waals surface area contributed by atoms with Gasteiger partial charge in [0.2, 0.25) is 0 Å². The number of carbonyl (C=O) groups excluding carboxylic acids is 2. The van der Waals surface area contributed by atoms with Gasteiger partial charge in [0, 0.05) is 74.3 Å². The maximum atomic E-state index is 13.5. The Labute approximate surface area is 246 Å². The van der Waals surface area contributed by atoms with E-state index in [0.717, 1.165) is 62.9 Å². The molecule has 2 fully saturated rings. The number of nitrogens with zero attached hydrogens (tertiary/aromatic N) is 3. The van der Waals surface area contributed by atoms with E-state index in [1.165, 1.54) is 0 Å². The van der Waals surface area contributed by atoms with E-state index in [1.54, 1.807) is 37.4 Å². The second-order valence-corrected chi connectivity index (χ2v) is 10.5. The predicted octanol–water partition coefficient (Wildman–Crippen LogP) is 3.99. The third-order valence-electron chi connectivity index (χ3n) is 7.45. The lowest BCUT2D eigenvalue weighted by Gasteiger charge is -2.38. The SMILES string of the molecule is COc1ccccc1N1CCN(c2ccc(NC(=O)c3cccc(Cl)c3)cc2C(=O)NCCN2CCOCC2)CC1. The number of anilines is 3. The Balaban J connectivity index is 1.32. The number of methoxy groups -OCH3 is 1. The fraction of sp³-hybridized carbons (Fsp3) is 0.355. The Kier molecular flexibility index (Phi) is 9.61. The van der Waals surface area contributed by atoms with Gasteiger partial charge in [-0.25, -0.2) is 0 Å². The summed E-state index contributed by atoms with van der Waals surface area (Å²) in [7, 11) is 1.69. The summed E-state index contributed by atoms with van der Waals surface area (Å²) in [6, 6.07) is 20.3. The molecule has 0 saturated carbocycles. The largest absolute Gasteiger partial charge is 0.495 e. The average Bonchev–Trinajstić information content (AvgIpc) is 3.01. The first-order valence-corrected chi connectivity index (χ1v) is 14.3. The highest BCUT2D eigenvalue weighted by Crippen LogP contribution is 2.31. The third kappa shape index (κ3) is 7.30. The molecule has 10 heteroatoms. The Morgan fingerprint density at radius 3 is 2.32 bits per heavy atom. The van der Waals surface area contributed by atoms with Crippen molar-refractivity contribution in [2.45, 2.75) is 0 Å². The fourth-order valence-electron chi connectivity index (χ4n) is 5.23. The maximum absolute atomic E-state index is 13.5. The minimum atomic E-state index is -0.288. The quantitative estimate of drug-likeness (QED) is 0.398. The van der Waals surface area contributed by atoms with Gasteiger partial charge in [0.25, 0.3) is 11.8 Å². The van der Waals surface area contributed by atoms with Gasteiger partial charge in [-0.1, -0.05) is 29.8 Å². The van der Waals surface area contributed by atoms with Gasteiger partial charge in [-0.05, 0) is 48.5 Å². The van der Waals surface area contributed by atoms with E-state index < -0.39 is 0 Å². The van der Waals surface area contributed by atoms with Crippen LogP contribution in [0.4, 0.5) is 17.1 Å². The van der Waals surface area contributed by atoms with Crippen molar-refractivity contribution < 1.29 is 19.1 Å². The second kappa shape index (κ2) is 13.7.